The first-order valence-electron chi connectivity index (χ1n) is 6.41. The Bertz CT molecular complexity index is 584. The normalized spacial score (nSPS) is 12.2. The molecule has 0 saturated heterocycles. The van der Waals surface area contributed by atoms with Crippen LogP contribution in [-0.2, 0) is 6.54 Å². The molecule has 0 amide bonds. The second kappa shape index (κ2) is 6.37. The van der Waals surface area contributed by atoms with E-state index in [1.165, 1.54) is 6.07 Å². The fourth-order valence-electron chi connectivity index (χ4n) is 2.21. The summed E-state index contributed by atoms with van der Waals surface area (Å²) < 4.78 is 15.1. The summed E-state index contributed by atoms with van der Waals surface area (Å²) in [5.41, 5.74) is 2.13. The average Bonchev–Trinajstić information content (AvgIpc) is 2.40. The van der Waals surface area contributed by atoms with Crippen molar-refractivity contribution in [1.29, 1.82) is 0 Å². The number of hydrogen-bond acceptors (Lipinski definition) is 2. The number of halogens is 2. The lowest BCUT2D eigenvalue weighted by molar-refractivity contribution is 0.199. The minimum Gasteiger partial charge on any atom is -0.389 e. The maximum absolute atomic E-state index is 14.1. The summed E-state index contributed by atoms with van der Waals surface area (Å²) in [4.78, 5) is 1.82. The van der Waals surface area contributed by atoms with Gasteiger partial charge in [0.15, 0.2) is 0 Å². The Hall–Kier alpha value is -1.39. The Kier molecular flexibility index (Phi) is 4.78. The molecule has 0 radical (unpaired) electrons. The molecule has 0 heterocycles. The van der Waals surface area contributed by atoms with Gasteiger partial charge in [-0.2, -0.15) is 0 Å². The van der Waals surface area contributed by atoms with Gasteiger partial charge < -0.3 is 10.0 Å². The number of rotatable bonds is 4. The summed E-state index contributed by atoms with van der Waals surface area (Å²) in [5, 5.41) is 9.78. The molecule has 0 aromatic heterocycles. The van der Waals surface area contributed by atoms with Crippen LogP contribution in [0.25, 0.3) is 0 Å². The van der Waals surface area contributed by atoms with Gasteiger partial charge in [0.1, 0.15) is 5.82 Å². The zero-order valence-corrected chi connectivity index (χ0v) is 13.1. The first-order valence-corrected chi connectivity index (χ1v) is 7.20. The molecule has 1 atom stereocenters. The maximum Gasteiger partial charge on any atom is 0.146 e. The van der Waals surface area contributed by atoms with E-state index in [0.29, 0.717) is 17.8 Å². The van der Waals surface area contributed by atoms with Gasteiger partial charge in [0.05, 0.1) is 11.8 Å². The van der Waals surface area contributed by atoms with Crippen molar-refractivity contribution in [3.8, 4) is 0 Å². The number of anilines is 1. The zero-order valence-electron chi connectivity index (χ0n) is 11.5. The van der Waals surface area contributed by atoms with Crippen LogP contribution in [0.2, 0.25) is 0 Å². The molecule has 0 spiro atoms. The highest BCUT2D eigenvalue weighted by molar-refractivity contribution is 9.10. The number of hydrogen-bond donors (Lipinski definition) is 1. The average molecular weight is 338 g/mol. The molecule has 106 valence electrons. The smallest absolute Gasteiger partial charge is 0.146 e. The van der Waals surface area contributed by atoms with Gasteiger partial charge in [-0.25, -0.2) is 4.39 Å². The van der Waals surface area contributed by atoms with Crippen molar-refractivity contribution >= 4 is 21.6 Å². The van der Waals surface area contributed by atoms with Gasteiger partial charge in [-0.1, -0.05) is 40.2 Å². The maximum atomic E-state index is 14.1. The Morgan fingerprint density at radius 3 is 2.45 bits per heavy atom. The quantitative estimate of drug-likeness (QED) is 0.900. The Morgan fingerprint density at radius 1 is 1.20 bits per heavy atom. The predicted octanol–water partition coefficient (Wildman–Crippen LogP) is 4.28. The summed E-state index contributed by atoms with van der Waals surface area (Å²) in [6.07, 6.45) is -0.701. The topological polar surface area (TPSA) is 23.5 Å². The van der Waals surface area contributed by atoms with Crippen LogP contribution in [-0.4, -0.2) is 12.2 Å². The number of aliphatic hydroxyl groups excluding tert-OH is 1. The first-order chi connectivity index (χ1) is 9.49. The van der Waals surface area contributed by atoms with Crippen LogP contribution >= 0.6 is 15.9 Å². The van der Waals surface area contributed by atoms with E-state index in [9.17, 15) is 9.50 Å². The van der Waals surface area contributed by atoms with E-state index in [2.05, 4.69) is 15.9 Å². The number of aliphatic hydroxyl groups is 1. The van der Waals surface area contributed by atoms with Crippen LogP contribution in [0.15, 0.2) is 46.9 Å². The monoisotopic (exact) mass is 337 g/mol. The Balaban J connectivity index is 2.29. The molecule has 0 bridgehead atoms. The molecule has 2 rings (SSSR count). The number of nitrogens with zero attached hydrogens (tertiary/aromatic N) is 1. The molecular formula is C16H17BrFNO. The Morgan fingerprint density at radius 2 is 1.85 bits per heavy atom. The largest absolute Gasteiger partial charge is 0.389 e. The van der Waals surface area contributed by atoms with Crippen molar-refractivity contribution < 1.29 is 9.50 Å². The predicted molar refractivity (Wildman–Crippen MR) is 83.3 cm³/mol. The summed E-state index contributed by atoms with van der Waals surface area (Å²) in [5.74, 6) is -0.317. The van der Waals surface area contributed by atoms with Crippen LogP contribution in [0.1, 0.15) is 24.2 Å². The van der Waals surface area contributed by atoms with E-state index >= 15 is 0 Å². The zero-order chi connectivity index (χ0) is 14.7. The van der Waals surface area contributed by atoms with Crippen molar-refractivity contribution in [2.45, 2.75) is 19.6 Å². The summed E-state index contributed by atoms with van der Waals surface area (Å²) in [6.45, 7) is 2.22. The third-order valence-corrected chi connectivity index (χ3v) is 3.71. The van der Waals surface area contributed by atoms with Crippen LogP contribution in [0.3, 0.4) is 0 Å². The highest BCUT2D eigenvalue weighted by Crippen LogP contribution is 2.29. The van der Waals surface area contributed by atoms with E-state index < -0.39 is 6.10 Å². The fourth-order valence-corrected chi connectivity index (χ4v) is 2.48. The molecule has 0 aliphatic rings. The fraction of sp³-hybridized carbons (Fsp3) is 0.250. The van der Waals surface area contributed by atoms with E-state index in [1.807, 2.05) is 36.2 Å². The Labute approximate surface area is 127 Å². The minimum absolute atomic E-state index is 0.317. The van der Waals surface area contributed by atoms with Crippen LogP contribution < -0.4 is 4.90 Å². The van der Waals surface area contributed by atoms with Gasteiger partial charge in [-0.05, 0) is 30.7 Å². The lowest BCUT2D eigenvalue weighted by atomic mass is 10.1. The highest BCUT2D eigenvalue weighted by Gasteiger charge is 2.16. The molecule has 1 unspecified atom stereocenters. The molecule has 0 aliphatic carbocycles. The number of para-hydroxylation sites is 1. The first kappa shape index (κ1) is 15.0. The SMILES string of the molecule is CC(O)c1cccc(F)c1N(C)Cc1ccc(Br)cc1. The third kappa shape index (κ3) is 3.38. The lowest BCUT2D eigenvalue weighted by Crippen LogP contribution is -2.20. The van der Waals surface area contributed by atoms with Crippen LogP contribution in [0, 0.1) is 5.82 Å². The molecule has 20 heavy (non-hydrogen) atoms. The molecule has 2 aromatic rings. The summed E-state index contributed by atoms with van der Waals surface area (Å²) >= 11 is 3.39. The lowest BCUT2D eigenvalue weighted by Gasteiger charge is -2.24. The van der Waals surface area contributed by atoms with E-state index in [-0.39, 0.29) is 5.82 Å². The second-order valence-electron chi connectivity index (χ2n) is 4.84. The van der Waals surface area contributed by atoms with Crippen molar-refractivity contribution in [3.05, 3.63) is 63.9 Å². The van der Waals surface area contributed by atoms with E-state index in [1.54, 1.807) is 19.1 Å². The third-order valence-electron chi connectivity index (χ3n) is 3.18. The molecule has 0 aliphatic heterocycles. The second-order valence-corrected chi connectivity index (χ2v) is 5.75. The summed E-state index contributed by atoms with van der Waals surface area (Å²) in [7, 11) is 1.83. The minimum atomic E-state index is -0.701. The van der Waals surface area contributed by atoms with Crippen molar-refractivity contribution in [2.75, 3.05) is 11.9 Å². The van der Waals surface area contributed by atoms with Gasteiger partial charge in [-0.3, -0.25) is 0 Å². The molecule has 2 nitrogen and oxygen atoms in total. The standard InChI is InChI=1S/C16H17BrFNO/c1-11(20)14-4-3-5-15(18)16(14)19(2)10-12-6-8-13(17)9-7-12/h3-9,11,20H,10H2,1-2H3. The van der Waals surface area contributed by atoms with Crippen molar-refractivity contribution in [1.82, 2.24) is 0 Å². The van der Waals surface area contributed by atoms with Gasteiger partial charge in [0, 0.05) is 23.6 Å². The molecule has 4 heteroatoms. The van der Waals surface area contributed by atoms with Gasteiger partial charge in [-0.15, -0.1) is 0 Å². The van der Waals surface area contributed by atoms with E-state index in [4.69, 9.17) is 0 Å². The molecule has 1 N–H and O–H groups in total. The molecule has 0 fully saturated rings. The van der Waals surface area contributed by atoms with Crippen molar-refractivity contribution in [2.24, 2.45) is 0 Å². The number of benzene rings is 2. The molecule has 2 aromatic carbocycles. The highest BCUT2D eigenvalue weighted by atomic mass is 79.9. The van der Waals surface area contributed by atoms with Crippen LogP contribution in [0.5, 0.6) is 0 Å². The van der Waals surface area contributed by atoms with Crippen LogP contribution in [0.4, 0.5) is 10.1 Å². The van der Waals surface area contributed by atoms with Gasteiger partial charge >= 0.3 is 0 Å². The summed E-state index contributed by atoms with van der Waals surface area (Å²) in [6, 6.07) is 12.7. The van der Waals surface area contributed by atoms with Crippen molar-refractivity contribution in [3.63, 3.8) is 0 Å². The molecular weight excluding hydrogens is 321 g/mol. The van der Waals surface area contributed by atoms with E-state index in [0.717, 1.165) is 10.0 Å². The van der Waals surface area contributed by atoms with Gasteiger partial charge in [0.25, 0.3) is 0 Å². The molecule has 0 saturated carbocycles. The van der Waals surface area contributed by atoms with Gasteiger partial charge in [0.2, 0.25) is 0 Å².